The van der Waals surface area contributed by atoms with Crippen LogP contribution in [0.2, 0.25) is 0 Å². The third-order valence-electron chi connectivity index (χ3n) is 5.34. The Morgan fingerprint density at radius 2 is 1.66 bits per heavy atom. The molecule has 210 valence electrons. The van der Waals surface area contributed by atoms with E-state index in [4.69, 9.17) is 16.6 Å². The van der Waals surface area contributed by atoms with Crippen molar-refractivity contribution in [3.8, 4) is 0 Å². The van der Waals surface area contributed by atoms with Crippen molar-refractivity contribution in [2.45, 2.75) is 63.3 Å². The van der Waals surface area contributed by atoms with Crippen molar-refractivity contribution in [2.24, 2.45) is 11.5 Å². The summed E-state index contributed by atoms with van der Waals surface area (Å²) in [6.45, 7) is 1.48. The number of hydrogen-bond acceptors (Lipinski definition) is 9. The number of nitrogens with two attached hydrogens (primary N) is 2. The van der Waals surface area contributed by atoms with Gasteiger partial charge >= 0.3 is 5.97 Å². The summed E-state index contributed by atoms with van der Waals surface area (Å²) in [4.78, 5) is 71.2. The van der Waals surface area contributed by atoms with Crippen LogP contribution < -0.4 is 27.4 Å². The molecule has 4 unspecified atom stereocenters. The summed E-state index contributed by atoms with van der Waals surface area (Å²) >= 11 is 0. The molecule has 9 N–H and O–H groups in total. The Balaban J connectivity index is 3.18. The van der Waals surface area contributed by atoms with Crippen LogP contribution in [-0.2, 0) is 19.2 Å². The normalized spacial score (nSPS) is 13.9. The Labute approximate surface area is 216 Å². The number of non-ortho nitro benzene ring substituents is 1. The molecule has 0 heterocycles. The molecule has 1 aromatic rings. The van der Waals surface area contributed by atoms with E-state index >= 15 is 0 Å². The molecule has 0 saturated heterocycles. The number of benzene rings is 1. The third-order valence-corrected chi connectivity index (χ3v) is 5.34. The summed E-state index contributed by atoms with van der Waals surface area (Å²) < 4.78 is 14.2. The summed E-state index contributed by atoms with van der Waals surface area (Å²) in [6, 6.07) is -2.21. The Hall–Kier alpha value is -4.18. The molecule has 0 bridgehead atoms. The minimum Gasteiger partial charge on any atom is -0.481 e. The molecule has 0 aliphatic carbocycles. The minimum atomic E-state index is -1.59. The second-order valence-electron chi connectivity index (χ2n) is 8.35. The van der Waals surface area contributed by atoms with Crippen molar-refractivity contribution in [1.29, 1.82) is 0 Å². The number of primary amides is 1. The van der Waals surface area contributed by atoms with E-state index in [2.05, 4.69) is 16.0 Å². The smallest absolute Gasteiger partial charge is 0.303 e. The lowest BCUT2D eigenvalue weighted by Crippen LogP contribution is -2.58. The molecule has 0 fully saturated rings. The van der Waals surface area contributed by atoms with Crippen LogP contribution in [-0.4, -0.2) is 75.5 Å². The van der Waals surface area contributed by atoms with Crippen LogP contribution in [0.1, 0.15) is 49.4 Å². The molecule has 1 aromatic carbocycles. The Morgan fingerprint density at radius 3 is 2.18 bits per heavy atom. The van der Waals surface area contributed by atoms with Crippen molar-refractivity contribution in [1.82, 2.24) is 16.0 Å². The van der Waals surface area contributed by atoms with Crippen molar-refractivity contribution >= 4 is 35.3 Å². The van der Waals surface area contributed by atoms with Gasteiger partial charge < -0.3 is 37.6 Å². The second-order valence-corrected chi connectivity index (χ2v) is 8.35. The molecule has 16 heteroatoms. The molecular weight excluding hydrogens is 511 g/mol. The molecule has 0 saturated carbocycles. The first kappa shape index (κ1) is 31.8. The highest BCUT2D eigenvalue weighted by Gasteiger charge is 2.31. The maximum atomic E-state index is 14.2. The quantitative estimate of drug-likeness (QED) is 0.0734. The van der Waals surface area contributed by atoms with Crippen LogP contribution in [0, 0.1) is 15.9 Å². The van der Waals surface area contributed by atoms with Gasteiger partial charge in [0.25, 0.3) is 11.6 Å². The lowest BCUT2D eigenvalue weighted by molar-refractivity contribution is -0.384. The number of halogens is 1. The van der Waals surface area contributed by atoms with Gasteiger partial charge in [-0.25, -0.2) is 4.39 Å². The van der Waals surface area contributed by atoms with Gasteiger partial charge in [0.15, 0.2) is 0 Å². The van der Waals surface area contributed by atoms with Gasteiger partial charge in [-0.2, -0.15) is 0 Å². The van der Waals surface area contributed by atoms with Gasteiger partial charge in [0.05, 0.1) is 16.6 Å². The van der Waals surface area contributed by atoms with Crippen LogP contribution in [0.3, 0.4) is 0 Å². The zero-order chi connectivity index (χ0) is 29.0. The first-order valence-electron chi connectivity index (χ1n) is 11.5. The molecule has 0 aliphatic rings. The molecule has 15 nitrogen and oxygen atoms in total. The molecule has 0 spiro atoms. The van der Waals surface area contributed by atoms with Gasteiger partial charge in [0.1, 0.15) is 23.9 Å². The number of aliphatic carboxylic acids is 1. The van der Waals surface area contributed by atoms with Crippen LogP contribution in [0.5, 0.6) is 0 Å². The largest absolute Gasteiger partial charge is 0.481 e. The number of nitro groups is 1. The first-order chi connectivity index (χ1) is 17.8. The van der Waals surface area contributed by atoms with E-state index in [0.717, 1.165) is 6.07 Å². The molecule has 0 radical (unpaired) electrons. The van der Waals surface area contributed by atoms with Gasteiger partial charge in [-0.15, -0.1) is 0 Å². The highest BCUT2D eigenvalue weighted by Crippen LogP contribution is 2.17. The van der Waals surface area contributed by atoms with Gasteiger partial charge in [-0.05, 0) is 45.2 Å². The fourth-order valence-electron chi connectivity index (χ4n) is 3.29. The summed E-state index contributed by atoms with van der Waals surface area (Å²) in [7, 11) is 0. The van der Waals surface area contributed by atoms with Crippen LogP contribution in [0.4, 0.5) is 10.1 Å². The molecule has 4 amide bonds. The predicted molar refractivity (Wildman–Crippen MR) is 129 cm³/mol. The zero-order valence-electron chi connectivity index (χ0n) is 20.5. The van der Waals surface area contributed by atoms with Crippen molar-refractivity contribution < 1.29 is 43.5 Å². The van der Waals surface area contributed by atoms with E-state index in [9.17, 15) is 43.6 Å². The number of nitrogens with zero attached hydrogens (tertiary/aromatic N) is 1. The molecule has 0 aliphatic heterocycles. The number of hydrogen-bond donors (Lipinski definition) is 7. The van der Waals surface area contributed by atoms with Crippen LogP contribution in [0.15, 0.2) is 18.2 Å². The molecule has 0 aromatic heterocycles. The maximum Gasteiger partial charge on any atom is 0.303 e. The number of aliphatic hydroxyl groups excluding tert-OH is 1. The summed E-state index contributed by atoms with van der Waals surface area (Å²) in [5.74, 6) is -6.63. The van der Waals surface area contributed by atoms with E-state index in [0.29, 0.717) is 25.0 Å². The number of carbonyl (C=O) groups is 5. The van der Waals surface area contributed by atoms with E-state index in [1.807, 2.05) is 0 Å². The number of aliphatic hydroxyl groups is 1. The SMILES string of the molecule is CC(O)C(NC(=O)C(CCCCN)NC(=O)C(CCC(=O)O)NC(=O)c1cc([N+](=O)[O-])ccc1F)C(N)=O. The van der Waals surface area contributed by atoms with Crippen molar-refractivity contribution in [2.75, 3.05) is 6.54 Å². The number of nitro benzene ring substituents is 1. The first-order valence-corrected chi connectivity index (χ1v) is 11.5. The summed E-state index contributed by atoms with van der Waals surface area (Å²) in [6.07, 6.45) is -1.62. The third kappa shape index (κ3) is 10.1. The van der Waals surface area contributed by atoms with E-state index in [1.165, 1.54) is 6.92 Å². The summed E-state index contributed by atoms with van der Waals surface area (Å²) in [5, 5.41) is 36.4. The topological polar surface area (TPSA) is 257 Å². The number of carboxylic acids is 1. The van der Waals surface area contributed by atoms with Gasteiger partial charge in [0.2, 0.25) is 17.7 Å². The van der Waals surface area contributed by atoms with Gasteiger partial charge in [-0.1, -0.05) is 0 Å². The number of nitrogens with one attached hydrogen (secondary N) is 3. The minimum absolute atomic E-state index is 0.0131. The molecule has 4 atom stereocenters. The number of amides is 4. The average molecular weight is 543 g/mol. The number of unbranched alkanes of at least 4 members (excludes halogenated alkanes) is 1. The standard InChI is InChI=1S/C22H31FN6O9/c1-11(30)18(19(25)33)28-22(36)15(4-2-3-9-24)27-21(35)16(7-8-17(31)32)26-20(34)13-10-12(29(37)38)5-6-14(13)23/h5-6,10-11,15-16,18,30H,2-4,7-9,24H2,1H3,(H2,25,33)(H,26,34)(H,27,35)(H,28,36)(H,31,32). The fraction of sp³-hybridized carbons (Fsp3) is 0.500. The lowest BCUT2D eigenvalue weighted by atomic mass is 10.0. The van der Waals surface area contributed by atoms with Gasteiger partial charge in [0, 0.05) is 18.6 Å². The Kier molecular flexibility index (Phi) is 12.7. The molecule has 1 rings (SSSR count). The second kappa shape index (κ2) is 15.2. The van der Waals surface area contributed by atoms with E-state index < -0.39 is 88.7 Å². The summed E-state index contributed by atoms with van der Waals surface area (Å²) in [5.41, 5.74) is 9.29. The molecular formula is C22H31FN6O9. The van der Waals surface area contributed by atoms with Crippen molar-refractivity contribution in [3.63, 3.8) is 0 Å². The number of rotatable bonds is 16. The Bertz CT molecular complexity index is 1050. The van der Waals surface area contributed by atoms with Crippen molar-refractivity contribution in [3.05, 3.63) is 39.7 Å². The zero-order valence-corrected chi connectivity index (χ0v) is 20.5. The average Bonchev–Trinajstić information content (AvgIpc) is 2.83. The van der Waals surface area contributed by atoms with Gasteiger partial charge in [-0.3, -0.25) is 34.1 Å². The van der Waals surface area contributed by atoms with E-state index in [1.54, 1.807) is 0 Å². The van der Waals surface area contributed by atoms with Crippen LogP contribution >= 0.6 is 0 Å². The highest BCUT2D eigenvalue weighted by atomic mass is 19.1. The number of carbonyl (C=O) groups excluding carboxylic acids is 4. The maximum absolute atomic E-state index is 14.2. The lowest BCUT2D eigenvalue weighted by Gasteiger charge is -2.25. The Morgan fingerprint density at radius 1 is 1.05 bits per heavy atom. The van der Waals surface area contributed by atoms with Crippen LogP contribution in [0.25, 0.3) is 0 Å². The monoisotopic (exact) mass is 542 g/mol. The number of carboxylic acid groups (broad SMARTS) is 1. The van der Waals surface area contributed by atoms with E-state index in [-0.39, 0.29) is 13.0 Å². The molecule has 38 heavy (non-hydrogen) atoms. The highest BCUT2D eigenvalue weighted by molar-refractivity contribution is 5.99. The predicted octanol–water partition coefficient (Wildman–Crippen LogP) is -1.34. The fourth-order valence-corrected chi connectivity index (χ4v) is 3.29.